The second-order valence-corrected chi connectivity index (χ2v) is 4.31. The number of hydrogen-bond donors (Lipinski definition) is 4. The number of anilines is 1. The van der Waals surface area contributed by atoms with Crippen molar-refractivity contribution >= 4 is 11.6 Å². The summed E-state index contributed by atoms with van der Waals surface area (Å²) in [6.07, 6.45) is 4.90. The number of nitrogens with two attached hydrogens (primary N) is 1. The van der Waals surface area contributed by atoms with E-state index in [-0.39, 0.29) is 18.1 Å². The van der Waals surface area contributed by atoms with Gasteiger partial charge in [0.25, 0.3) is 5.91 Å². The first-order valence-corrected chi connectivity index (χ1v) is 5.40. The van der Waals surface area contributed by atoms with Gasteiger partial charge in [-0.2, -0.15) is 5.10 Å². The molecule has 1 aromatic rings. The van der Waals surface area contributed by atoms with Gasteiger partial charge in [-0.25, -0.2) is 0 Å². The third kappa shape index (κ3) is 2.16. The largest absolute Gasteiger partial charge is 0.396 e. The van der Waals surface area contributed by atoms with Crippen molar-refractivity contribution in [1.29, 1.82) is 0 Å². The molecular formula is C10H16N4O2. The van der Waals surface area contributed by atoms with Crippen LogP contribution in [0.15, 0.2) is 6.20 Å². The predicted octanol–water partition coefficient (Wildman–Crippen LogP) is 0.0268. The second kappa shape index (κ2) is 4.13. The molecule has 0 radical (unpaired) electrons. The summed E-state index contributed by atoms with van der Waals surface area (Å²) in [6, 6.07) is 0. The number of nitrogens with one attached hydrogen (secondary N) is 2. The normalized spacial score (nSPS) is 18.6. The van der Waals surface area contributed by atoms with Crippen LogP contribution in [-0.2, 0) is 0 Å². The van der Waals surface area contributed by atoms with E-state index in [2.05, 4.69) is 15.5 Å². The Morgan fingerprint density at radius 1 is 1.62 bits per heavy atom. The summed E-state index contributed by atoms with van der Waals surface area (Å²) in [5, 5.41) is 18.9. The number of H-pyrrole nitrogens is 1. The van der Waals surface area contributed by atoms with E-state index in [9.17, 15) is 9.90 Å². The third-order valence-electron chi connectivity index (χ3n) is 3.01. The number of carbonyl (C=O) groups excluding carboxylic acids is 1. The fourth-order valence-electron chi connectivity index (χ4n) is 2.02. The van der Waals surface area contributed by atoms with Crippen LogP contribution in [-0.4, -0.2) is 33.4 Å². The van der Waals surface area contributed by atoms with Gasteiger partial charge in [-0.1, -0.05) is 12.8 Å². The Balaban J connectivity index is 1.91. The van der Waals surface area contributed by atoms with Crippen LogP contribution in [0.1, 0.15) is 36.2 Å². The fourth-order valence-corrected chi connectivity index (χ4v) is 2.02. The average Bonchev–Trinajstić information content (AvgIpc) is 2.85. The summed E-state index contributed by atoms with van der Waals surface area (Å²) in [6.45, 7) is 0.268. The van der Waals surface area contributed by atoms with Gasteiger partial charge in [0.2, 0.25) is 0 Å². The minimum atomic E-state index is -0.746. The topological polar surface area (TPSA) is 104 Å². The predicted molar refractivity (Wildman–Crippen MR) is 58.8 cm³/mol. The van der Waals surface area contributed by atoms with Gasteiger partial charge < -0.3 is 16.2 Å². The number of aromatic amines is 1. The van der Waals surface area contributed by atoms with E-state index >= 15 is 0 Å². The van der Waals surface area contributed by atoms with E-state index in [0.29, 0.717) is 5.69 Å². The first kappa shape index (κ1) is 10.9. The van der Waals surface area contributed by atoms with Gasteiger partial charge in [0.05, 0.1) is 17.5 Å². The lowest BCUT2D eigenvalue weighted by molar-refractivity contribution is 0.0449. The van der Waals surface area contributed by atoms with E-state index in [1.807, 2.05) is 0 Å². The maximum atomic E-state index is 11.7. The SMILES string of the molecule is Nc1cn[nH]c1C(=O)NCC1(O)CCCC1. The standard InChI is InChI=1S/C10H16N4O2/c11-7-5-13-14-8(7)9(15)12-6-10(16)3-1-2-4-10/h5,16H,1-4,6,11H2,(H,12,15)(H,13,14). The molecule has 0 spiro atoms. The van der Waals surface area contributed by atoms with E-state index < -0.39 is 5.60 Å². The first-order valence-electron chi connectivity index (χ1n) is 5.40. The second-order valence-electron chi connectivity index (χ2n) is 4.31. The molecule has 1 amide bonds. The van der Waals surface area contributed by atoms with Crippen LogP contribution in [0.5, 0.6) is 0 Å². The number of aliphatic hydroxyl groups is 1. The van der Waals surface area contributed by atoms with Crippen LogP contribution in [0, 0.1) is 0 Å². The summed E-state index contributed by atoms with van der Waals surface area (Å²) in [4.78, 5) is 11.7. The van der Waals surface area contributed by atoms with E-state index in [4.69, 9.17) is 5.73 Å². The van der Waals surface area contributed by atoms with Crippen LogP contribution in [0.25, 0.3) is 0 Å². The minimum absolute atomic E-state index is 0.251. The van der Waals surface area contributed by atoms with Crippen LogP contribution < -0.4 is 11.1 Å². The molecule has 0 aliphatic heterocycles. The van der Waals surface area contributed by atoms with Crippen molar-refractivity contribution < 1.29 is 9.90 Å². The number of aromatic nitrogens is 2. The lowest BCUT2D eigenvalue weighted by Gasteiger charge is -2.22. The third-order valence-corrected chi connectivity index (χ3v) is 3.01. The molecule has 0 bridgehead atoms. The van der Waals surface area contributed by atoms with Gasteiger partial charge in [0, 0.05) is 6.54 Å². The number of hydrogen-bond acceptors (Lipinski definition) is 4. The van der Waals surface area contributed by atoms with Gasteiger partial charge in [0.1, 0.15) is 5.69 Å². The lowest BCUT2D eigenvalue weighted by Crippen LogP contribution is -2.41. The monoisotopic (exact) mass is 224 g/mol. The molecule has 1 fully saturated rings. The molecule has 1 saturated carbocycles. The Hall–Kier alpha value is -1.56. The molecule has 1 aliphatic rings. The molecule has 6 heteroatoms. The van der Waals surface area contributed by atoms with E-state index in [0.717, 1.165) is 25.7 Å². The molecule has 5 N–H and O–H groups in total. The van der Waals surface area contributed by atoms with Crippen LogP contribution in [0.2, 0.25) is 0 Å². The molecule has 6 nitrogen and oxygen atoms in total. The van der Waals surface area contributed by atoms with Crippen molar-refractivity contribution in [3.05, 3.63) is 11.9 Å². The minimum Gasteiger partial charge on any atom is -0.396 e. The molecule has 1 aromatic heterocycles. The number of amides is 1. The molecule has 0 aromatic carbocycles. The van der Waals surface area contributed by atoms with Gasteiger partial charge in [-0.05, 0) is 12.8 Å². The molecule has 16 heavy (non-hydrogen) atoms. The highest BCUT2D eigenvalue weighted by molar-refractivity contribution is 5.96. The van der Waals surface area contributed by atoms with Gasteiger partial charge in [-0.3, -0.25) is 9.89 Å². The van der Waals surface area contributed by atoms with Crippen molar-refractivity contribution in [2.24, 2.45) is 0 Å². The highest BCUT2D eigenvalue weighted by atomic mass is 16.3. The summed E-state index contributed by atoms with van der Waals surface area (Å²) in [7, 11) is 0. The zero-order valence-electron chi connectivity index (χ0n) is 8.99. The smallest absolute Gasteiger partial charge is 0.271 e. The zero-order chi connectivity index (χ0) is 11.6. The van der Waals surface area contributed by atoms with E-state index in [1.165, 1.54) is 6.20 Å². The summed E-state index contributed by atoms with van der Waals surface area (Å²) < 4.78 is 0. The highest BCUT2D eigenvalue weighted by Crippen LogP contribution is 2.28. The molecule has 1 aliphatic carbocycles. The zero-order valence-corrected chi connectivity index (χ0v) is 8.99. The Bertz CT molecular complexity index is 382. The number of rotatable bonds is 3. The molecule has 0 unspecified atom stereocenters. The number of nitrogen functional groups attached to an aromatic ring is 1. The van der Waals surface area contributed by atoms with Crippen molar-refractivity contribution in [2.45, 2.75) is 31.3 Å². The van der Waals surface area contributed by atoms with Gasteiger partial charge in [-0.15, -0.1) is 0 Å². The number of carbonyl (C=O) groups is 1. The highest BCUT2D eigenvalue weighted by Gasteiger charge is 2.31. The van der Waals surface area contributed by atoms with Crippen molar-refractivity contribution in [2.75, 3.05) is 12.3 Å². The van der Waals surface area contributed by atoms with Crippen molar-refractivity contribution in [1.82, 2.24) is 15.5 Å². The molecule has 0 saturated heterocycles. The van der Waals surface area contributed by atoms with Gasteiger partial charge >= 0.3 is 0 Å². The van der Waals surface area contributed by atoms with Gasteiger partial charge in [0.15, 0.2) is 0 Å². The summed E-state index contributed by atoms with van der Waals surface area (Å²) in [5.74, 6) is -0.324. The molecule has 0 atom stereocenters. The quantitative estimate of drug-likeness (QED) is 0.581. The molecule has 88 valence electrons. The van der Waals surface area contributed by atoms with Crippen LogP contribution in [0.3, 0.4) is 0 Å². The maximum absolute atomic E-state index is 11.7. The Kier molecular flexibility index (Phi) is 2.82. The summed E-state index contributed by atoms with van der Waals surface area (Å²) in [5.41, 5.74) is 5.36. The maximum Gasteiger partial charge on any atom is 0.271 e. The van der Waals surface area contributed by atoms with E-state index in [1.54, 1.807) is 0 Å². The first-order chi connectivity index (χ1) is 7.61. The Labute approximate surface area is 93.2 Å². The van der Waals surface area contributed by atoms with Crippen molar-refractivity contribution in [3.63, 3.8) is 0 Å². The summed E-state index contributed by atoms with van der Waals surface area (Å²) >= 11 is 0. The van der Waals surface area contributed by atoms with Crippen LogP contribution in [0.4, 0.5) is 5.69 Å². The Morgan fingerprint density at radius 3 is 2.88 bits per heavy atom. The fraction of sp³-hybridized carbons (Fsp3) is 0.600. The average molecular weight is 224 g/mol. The lowest BCUT2D eigenvalue weighted by atomic mass is 10.0. The molecule has 2 rings (SSSR count). The Morgan fingerprint density at radius 2 is 2.31 bits per heavy atom. The molecular weight excluding hydrogens is 208 g/mol. The van der Waals surface area contributed by atoms with Crippen molar-refractivity contribution in [3.8, 4) is 0 Å². The van der Waals surface area contributed by atoms with Crippen LogP contribution >= 0.6 is 0 Å². The molecule has 1 heterocycles. The number of nitrogens with zero attached hydrogens (tertiary/aromatic N) is 1.